The number of anilines is 2. The number of aliphatic imine (C=N–C) groups is 1. The van der Waals surface area contributed by atoms with Crippen molar-refractivity contribution in [3.8, 4) is 17.4 Å². The number of urea groups is 1. The van der Waals surface area contributed by atoms with Crippen LogP contribution in [0.1, 0.15) is 36.5 Å². The Balaban J connectivity index is 1.21. The van der Waals surface area contributed by atoms with E-state index >= 15 is 0 Å². The highest BCUT2D eigenvalue weighted by molar-refractivity contribution is 8.15. The van der Waals surface area contributed by atoms with Crippen molar-refractivity contribution in [3.63, 3.8) is 0 Å². The maximum Gasteiger partial charge on any atom is 0.573 e. The van der Waals surface area contributed by atoms with Gasteiger partial charge in [0.25, 0.3) is 0 Å². The van der Waals surface area contributed by atoms with Crippen LogP contribution in [0.15, 0.2) is 72.0 Å². The van der Waals surface area contributed by atoms with Gasteiger partial charge in [-0.2, -0.15) is 9.98 Å². The molecule has 0 bridgehead atoms. The molecule has 1 aliphatic rings. The van der Waals surface area contributed by atoms with Crippen molar-refractivity contribution in [2.24, 2.45) is 4.99 Å². The zero-order valence-corrected chi connectivity index (χ0v) is 24.9. The Morgan fingerprint density at radius 2 is 1.87 bits per heavy atom. The lowest BCUT2D eigenvalue weighted by atomic mass is 9.99. The van der Waals surface area contributed by atoms with Crippen LogP contribution >= 0.6 is 11.8 Å². The normalized spacial score (nSPS) is 14.4. The topological polar surface area (TPSA) is 111 Å². The van der Waals surface area contributed by atoms with Gasteiger partial charge in [-0.3, -0.25) is 9.69 Å². The maximum atomic E-state index is 14.9. The van der Waals surface area contributed by atoms with Crippen LogP contribution in [-0.4, -0.2) is 44.0 Å². The molecule has 15 heteroatoms. The summed E-state index contributed by atoms with van der Waals surface area (Å²) in [5, 5.41) is 6.84. The summed E-state index contributed by atoms with van der Waals surface area (Å²) in [4.78, 5) is 35.1. The SMILES string of the molecule is Cc1ccc(C(C)C)c(N2C(=O)CS/C2=N\C(=O)Nc2ccc(COc3ncn(-c4ccc(OC(F)(F)F)cc4)n3)c(F)c2)c1. The number of ether oxygens (including phenoxy) is 2. The third-order valence-corrected chi connectivity index (χ3v) is 7.40. The van der Waals surface area contributed by atoms with Gasteiger partial charge in [0.15, 0.2) is 5.17 Å². The van der Waals surface area contributed by atoms with Crippen LogP contribution in [0.5, 0.6) is 11.8 Å². The van der Waals surface area contributed by atoms with Gasteiger partial charge in [-0.15, -0.1) is 18.3 Å². The Morgan fingerprint density at radius 3 is 2.56 bits per heavy atom. The number of halogens is 4. The lowest BCUT2D eigenvalue weighted by Crippen LogP contribution is -2.31. The number of benzene rings is 3. The molecule has 0 atom stereocenters. The third-order valence-electron chi connectivity index (χ3n) is 6.48. The summed E-state index contributed by atoms with van der Waals surface area (Å²) in [6, 6.07) is 13.9. The standard InChI is InChI=1S/C30H26F4N6O4S/c1-17(2)23-11-4-18(3)12-25(23)40-26(41)15-45-29(40)37-27(42)36-20-6-5-19(24(31)13-20)14-43-28-35-16-39(38-28)21-7-9-22(10-8-21)44-30(32,33)34/h4-13,16-17H,14-15H2,1-3H3,(H,36,42)/b37-29-. The molecule has 0 spiro atoms. The first-order valence-corrected chi connectivity index (χ1v) is 14.5. The van der Waals surface area contributed by atoms with E-state index in [0.29, 0.717) is 11.4 Å². The largest absolute Gasteiger partial charge is 0.573 e. The van der Waals surface area contributed by atoms with E-state index in [1.165, 1.54) is 40.2 Å². The molecule has 0 saturated carbocycles. The molecule has 1 aromatic heterocycles. The maximum absolute atomic E-state index is 14.9. The molecule has 1 N–H and O–H groups in total. The van der Waals surface area contributed by atoms with Crippen LogP contribution in [0, 0.1) is 12.7 Å². The molecule has 1 aliphatic heterocycles. The Labute approximate surface area is 259 Å². The van der Waals surface area contributed by atoms with Crippen molar-refractivity contribution in [1.82, 2.24) is 14.8 Å². The number of rotatable bonds is 8. The van der Waals surface area contributed by atoms with E-state index in [1.54, 1.807) is 0 Å². The molecule has 45 heavy (non-hydrogen) atoms. The first-order chi connectivity index (χ1) is 21.4. The fraction of sp³-hybridized carbons (Fsp3) is 0.233. The van der Waals surface area contributed by atoms with Gasteiger partial charge < -0.3 is 14.8 Å². The van der Waals surface area contributed by atoms with Crippen molar-refractivity contribution in [3.05, 3.63) is 89.5 Å². The van der Waals surface area contributed by atoms with E-state index in [1.807, 2.05) is 39.0 Å². The van der Waals surface area contributed by atoms with Crippen LogP contribution < -0.4 is 19.7 Å². The monoisotopic (exact) mass is 642 g/mol. The quantitative estimate of drug-likeness (QED) is 0.207. The molecule has 1 saturated heterocycles. The number of amidine groups is 1. The van der Waals surface area contributed by atoms with Gasteiger partial charge in [0.2, 0.25) is 5.91 Å². The summed E-state index contributed by atoms with van der Waals surface area (Å²) >= 11 is 1.15. The lowest BCUT2D eigenvalue weighted by molar-refractivity contribution is -0.274. The van der Waals surface area contributed by atoms with E-state index in [-0.39, 0.29) is 52.4 Å². The molecule has 3 aromatic carbocycles. The summed E-state index contributed by atoms with van der Waals surface area (Å²) in [5.41, 5.74) is 3.26. The van der Waals surface area contributed by atoms with Gasteiger partial charge in [-0.1, -0.05) is 43.8 Å². The molecule has 0 unspecified atom stereocenters. The zero-order chi connectivity index (χ0) is 32.3. The van der Waals surface area contributed by atoms with Crippen LogP contribution in [0.3, 0.4) is 0 Å². The van der Waals surface area contributed by atoms with Gasteiger partial charge in [0.05, 0.1) is 17.1 Å². The highest BCUT2D eigenvalue weighted by Crippen LogP contribution is 2.34. The number of aryl methyl sites for hydroxylation is 1. The van der Waals surface area contributed by atoms with Crippen molar-refractivity contribution >= 4 is 40.2 Å². The summed E-state index contributed by atoms with van der Waals surface area (Å²) < 4.78 is 62.5. The molecule has 1 fully saturated rings. The van der Waals surface area contributed by atoms with E-state index in [9.17, 15) is 27.2 Å². The first-order valence-electron chi connectivity index (χ1n) is 13.5. The molecule has 3 amide bonds. The minimum Gasteiger partial charge on any atom is -0.457 e. The van der Waals surface area contributed by atoms with Crippen LogP contribution in [-0.2, 0) is 11.4 Å². The minimum atomic E-state index is -4.80. The summed E-state index contributed by atoms with van der Waals surface area (Å²) in [5.74, 6) is -0.983. The summed E-state index contributed by atoms with van der Waals surface area (Å²) in [7, 11) is 0. The predicted molar refractivity (Wildman–Crippen MR) is 160 cm³/mol. The second-order valence-electron chi connectivity index (χ2n) is 10.2. The smallest absolute Gasteiger partial charge is 0.457 e. The molecular formula is C30H26F4N6O4S. The van der Waals surface area contributed by atoms with Gasteiger partial charge in [-0.05, 0) is 66.4 Å². The second kappa shape index (κ2) is 13.0. The summed E-state index contributed by atoms with van der Waals surface area (Å²) in [6.07, 6.45) is -3.52. The van der Waals surface area contributed by atoms with Crippen LogP contribution in [0.4, 0.5) is 33.7 Å². The van der Waals surface area contributed by atoms with Crippen molar-refractivity contribution in [1.29, 1.82) is 0 Å². The van der Waals surface area contributed by atoms with Crippen LogP contribution in [0.25, 0.3) is 5.69 Å². The number of nitrogens with zero attached hydrogens (tertiary/aromatic N) is 5. The highest BCUT2D eigenvalue weighted by atomic mass is 32.2. The van der Waals surface area contributed by atoms with Gasteiger partial charge in [0.1, 0.15) is 24.5 Å². The van der Waals surface area contributed by atoms with Gasteiger partial charge >= 0.3 is 18.4 Å². The Morgan fingerprint density at radius 1 is 1.11 bits per heavy atom. The second-order valence-corrected chi connectivity index (χ2v) is 11.1. The number of alkyl halides is 3. The molecular weight excluding hydrogens is 616 g/mol. The number of amides is 3. The molecule has 10 nitrogen and oxygen atoms in total. The fourth-order valence-electron chi connectivity index (χ4n) is 4.38. The Bertz CT molecular complexity index is 1760. The van der Waals surface area contributed by atoms with E-state index in [4.69, 9.17) is 4.74 Å². The number of aromatic nitrogens is 3. The minimum absolute atomic E-state index is 0.0966. The van der Waals surface area contributed by atoms with Crippen molar-refractivity contribution < 1.29 is 36.6 Å². The average Bonchev–Trinajstić information content (AvgIpc) is 3.58. The lowest BCUT2D eigenvalue weighted by Gasteiger charge is -2.22. The molecule has 0 radical (unpaired) electrons. The fourth-order valence-corrected chi connectivity index (χ4v) is 5.24. The molecule has 5 rings (SSSR count). The number of carbonyl (C=O) groups excluding carboxylic acids is 2. The number of nitrogens with one attached hydrogen (secondary N) is 1. The molecule has 0 aliphatic carbocycles. The van der Waals surface area contributed by atoms with E-state index in [0.717, 1.165) is 41.1 Å². The number of thioether (sulfide) groups is 1. The number of hydrogen-bond donors (Lipinski definition) is 1. The Kier molecular flexibility index (Phi) is 9.09. The van der Waals surface area contributed by atoms with Crippen molar-refractivity contribution in [2.45, 2.75) is 39.7 Å². The highest BCUT2D eigenvalue weighted by Gasteiger charge is 2.33. The van der Waals surface area contributed by atoms with Crippen molar-refractivity contribution in [2.75, 3.05) is 16.0 Å². The Hall–Kier alpha value is -4.92. The predicted octanol–water partition coefficient (Wildman–Crippen LogP) is 6.98. The van der Waals surface area contributed by atoms with E-state index in [2.05, 4.69) is 25.1 Å². The van der Waals surface area contributed by atoms with Gasteiger partial charge in [0, 0.05) is 11.3 Å². The molecule has 4 aromatic rings. The average molecular weight is 643 g/mol. The number of carbonyl (C=O) groups is 2. The molecule has 234 valence electrons. The van der Waals surface area contributed by atoms with Gasteiger partial charge in [-0.25, -0.2) is 13.9 Å². The first kappa shape index (κ1) is 31.5. The molecule has 2 heterocycles. The third kappa shape index (κ3) is 7.78. The number of hydrogen-bond acceptors (Lipinski definition) is 7. The summed E-state index contributed by atoms with van der Waals surface area (Å²) in [6.45, 7) is 5.70. The zero-order valence-electron chi connectivity index (χ0n) is 24.1. The van der Waals surface area contributed by atoms with Crippen LogP contribution in [0.2, 0.25) is 0 Å². The van der Waals surface area contributed by atoms with E-state index < -0.39 is 18.2 Å².